The lowest BCUT2D eigenvalue weighted by molar-refractivity contribution is 0.0535. The average Bonchev–Trinajstić information content (AvgIpc) is 2.91. The quantitative estimate of drug-likeness (QED) is 0.663. The molecule has 6 nitrogen and oxygen atoms in total. The van der Waals surface area contributed by atoms with Gasteiger partial charge in [-0.15, -0.1) is 0 Å². The first-order chi connectivity index (χ1) is 12.5. The first-order valence-electron chi connectivity index (χ1n) is 8.50. The minimum Gasteiger partial charge on any atom is -0.277 e. The Kier molecular flexibility index (Phi) is 4.86. The Balaban J connectivity index is 2.18. The molecule has 3 amide bonds. The molecule has 3 rings (SSSR count). The maximum atomic E-state index is 13.2. The summed E-state index contributed by atoms with van der Waals surface area (Å²) < 4.78 is 0. The van der Waals surface area contributed by atoms with E-state index in [1.807, 2.05) is 32.0 Å². The van der Waals surface area contributed by atoms with Gasteiger partial charge in [-0.25, -0.2) is 10.4 Å². The number of aryl methyl sites for hydroxylation is 2. The fourth-order valence-electron chi connectivity index (χ4n) is 3.33. The van der Waals surface area contributed by atoms with Crippen LogP contribution in [0, 0.1) is 0 Å². The lowest BCUT2D eigenvalue weighted by atomic mass is 10.0. The number of amides is 3. The maximum Gasteiger partial charge on any atom is 0.275 e. The Morgan fingerprint density at radius 1 is 1.00 bits per heavy atom. The summed E-state index contributed by atoms with van der Waals surface area (Å²) in [6.45, 7) is 3.96. The predicted octanol–water partition coefficient (Wildman–Crippen LogP) is 2.90. The van der Waals surface area contributed by atoms with Crippen LogP contribution in [0.4, 0.5) is 5.69 Å². The topological polar surface area (TPSA) is 75.7 Å². The van der Waals surface area contributed by atoms with E-state index in [2.05, 4.69) is 10.3 Å². The van der Waals surface area contributed by atoms with E-state index in [-0.39, 0.29) is 16.7 Å². The van der Waals surface area contributed by atoms with Crippen molar-refractivity contribution >= 4 is 23.4 Å². The van der Waals surface area contributed by atoms with Crippen LogP contribution in [0.15, 0.2) is 36.4 Å². The third kappa shape index (κ3) is 2.68. The second kappa shape index (κ2) is 7.09. The molecule has 0 saturated heterocycles. The number of fused-ring (bicyclic) bond motifs is 1. The predicted molar refractivity (Wildman–Crippen MR) is 97.3 cm³/mol. The van der Waals surface area contributed by atoms with E-state index in [0.29, 0.717) is 18.5 Å². The van der Waals surface area contributed by atoms with Crippen molar-refractivity contribution in [2.24, 2.45) is 0 Å². The van der Waals surface area contributed by atoms with Crippen LogP contribution in [0.25, 0.3) is 0 Å². The number of carbonyl (C=O) groups excluding carboxylic acids is 3. The molecule has 0 aliphatic carbocycles. The third-order valence-corrected chi connectivity index (χ3v) is 4.54. The molecule has 134 valence electrons. The van der Waals surface area contributed by atoms with Gasteiger partial charge < -0.3 is 0 Å². The summed E-state index contributed by atoms with van der Waals surface area (Å²) in [4.78, 5) is 44.3. The monoisotopic (exact) mass is 352 g/mol. The van der Waals surface area contributed by atoms with E-state index in [0.717, 1.165) is 11.1 Å². The van der Waals surface area contributed by atoms with Crippen molar-refractivity contribution in [3.8, 4) is 0 Å². The molecule has 1 heterocycles. The van der Waals surface area contributed by atoms with Gasteiger partial charge in [-0.3, -0.25) is 19.2 Å². The molecule has 0 unspecified atom stereocenters. The molecule has 0 aromatic heterocycles. The van der Waals surface area contributed by atoms with Gasteiger partial charge in [-0.2, -0.15) is 0 Å². The number of hydrogen-bond donors (Lipinski definition) is 1. The van der Waals surface area contributed by atoms with Crippen LogP contribution in [0.1, 0.15) is 56.0 Å². The Bertz CT molecular complexity index is 882. The Labute approximate surface area is 151 Å². The van der Waals surface area contributed by atoms with Gasteiger partial charge in [0.05, 0.1) is 29.5 Å². The van der Waals surface area contributed by atoms with Crippen LogP contribution < -0.4 is 10.4 Å². The van der Waals surface area contributed by atoms with Gasteiger partial charge in [0.25, 0.3) is 17.7 Å². The van der Waals surface area contributed by atoms with Crippen molar-refractivity contribution in [2.45, 2.75) is 26.7 Å². The van der Waals surface area contributed by atoms with Crippen LogP contribution in [-0.2, 0) is 17.7 Å². The molecule has 0 bridgehead atoms. The number of carbonyl (C=O) groups is 3. The summed E-state index contributed by atoms with van der Waals surface area (Å²) in [5, 5.41) is 0. The number of hydroxylamine groups is 1. The highest BCUT2D eigenvalue weighted by atomic mass is 16.6. The second-order valence-electron chi connectivity index (χ2n) is 5.94. The summed E-state index contributed by atoms with van der Waals surface area (Å²) in [5.74, 6) is -1.46. The number of hydrogen-bond acceptors (Lipinski definition) is 4. The van der Waals surface area contributed by atoms with E-state index in [1.165, 1.54) is 18.1 Å². The smallest absolute Gasteiger partial charge is 0.275 e. The van der Waals surface area contributed by atoms with E-state index in [9.17, 15) is 14.4 Å². The summed E-state index contributed by atoms with van der Waals surface area (Å²) in [6.07, 6.45) is 1.38. The first kappa shape index (κ1) is 17.8. The van der Waals surface area contributed by atoms with Crippen LogP contribution in [-0.4, -0.2) is 24.8 Å². The van der Waals surface area contributed by atoms with Gasteiger partial charge in [0.1, 0.15) is 0 Å². The minimum atomic E-state index is -0.563. The van der Waals surface area contributed by atoms with Crippen molar-refractivity contribution in [3.05, 3.63) is 64.2 Å². The van der Waals surface area contributed by atoms with Crippen LogP contribution in [0.5, 0.6) is 0 Å². The number of rotatable bonds is 5. The highest BCUT2D eigenvalue weighted by Gasteiger charge is 2.41. The summed E-state index contributed by atoms with van der Waals surface area (Å²) >= 11 is 0. The first-order valence-corrected chi connectivity index (χ1v) is 8.50. The molecule has 2 aromatic carbocycles. The molecule has 0 fully saturated rings. The molecule has 1 aliphatic rings. The molecule has 1 N–H and O–H groups in total. The van der Waals surface area contributed by atoms with Crippen molar-refractivity contribution in [1.29, 1.82) is 0 Å². The normalized spacial score (nSPS) is 13.1. The standard InChI is InChI=1S/C20H20N2O4/c1-4-12-8-6-9-13(5-2)17(12)22-19(24)15-11-7-10-14(16(15)20(22)25)18(23)21-26-3/h6-11H,4-5H2,1-3H3,(H,21,23). The zero-order chi connectivity index (χ0) is 18.8. The fourth-order valence-corrected chi connectivity index (χ4v) is 3.33. The number of benzene rings is 2. The lowest BCUT2D eigenvalue weighted by Gasteiger charge is -2.21. The van der Waals surface area contributed by atoms with Crippen molar-refractivity contribution < 1.29 is 19.2 Å². The van der Waals surface area contributed by atoms with Crippen molar-refractivity contribution in [3.63, 3.8) is 0 Å². The summed E-state index contributed by atoms with van der Waals surface area (Å²) in [6, 6.07) is 10.4. The van der Waals surface area contributed by atoms with E-state index in [1.54, 1.807) is 12.1 Å². The van der Waals surface area contributed by atoms with Gasteiger partial charge in [-0.05, 0) is 36.1 Å². The zero-order valence-electron chi connectivity index (χ0n) is 15.0. The average molecular weight is 352 g/mol. The number of anilines is 1. The zero-order valence-corrected chi connectivity index (χ0v) is 15.0. The fraction of sp³-hybridized carbons (Fsp3) is 0.250. The Morgan fingerprint density at radius 2 is 1.62 bits per heavy atom. The Hall–Kier alpha value is -2.99. The number of nitrogens with zero attached hydrogens (tertiary/aromatic N) is 1. The molecule has 0 radical (unpaired) electrons. The van der Waals surface area contributed by atoms with Crippen LogP contribution >= 0.6 is 0 Å². The Morgan fingerprint density at radius 3 is 2.19 bits per heavy atom. The molecule has 0 spiro atoms. The molecule has 6 heteroatoms. The molecule has 1 aliphatic heterocycles. The van der Waals surface area contributed by atoms with Crippen LogP contribution in [0.3, 0.4) is 0 Å². The molecule has 0 atom stereocenters. The highest BCUT2D eigenvalue weighted by Crippen LogP contribution is 2.35. The molecule has 26 heavy (non-hydrogen) atoms. The highest BCUT2D eigenvalue weighted by molar-refractivity contribution is 6.36. The second-order valence-corrected chi connectivity index (χ2v) is 5.94. The maximum absolute atomic E-state index is 13.2. The van der Waals surface area contributed by atoms with Gasteiger partial charge in [0.2, 0.25) is 0 Å². The van der Waals surface area contributed by atoms with Crippen molar-refractivity contribution in [2.75, 3.05) is 12.0 Å². The summed E-state index contributed by atoms with van der Waals surface area (Å²) in [7, 11) is 1.31. The van der Waals surface area contributed by atoms with Crippen molar-refractivity contribution in [1.82, 2.24) is 5.48 Å². The molecular weight excluding hydrogens is 332 g/mol. The minimum absolute atomic E-state index is 0.111. The van der Waals surface area contributed by atoms with Gasteiger partial charge >= 0.3 is 0 Å². The van der Waals surface area contributed by atoms with E-state index in [4.69, 9.17) is 0 Å². The lowest BCUT2D eigenvalue weighted by Crippen LogP contribution is -2.32. The number of imide groups is 1. The van der Waals surface area contributed by atoms with Gasteiger partial charge in [-0.1, -0.05) is 38.1 Å². The molecular formula is C20H20N2O4. The van der Waals surface area contributed by atoms with E-state index >= 15 is 0 Å². The SMILES string of the molecule is CCc1cccc(CC)c1N1C(=O)c2cccc(C(=O)NOC)c2C1=O. The van der Waals surface area contributed by atoms with Crippen LogP contribution in [0.2, 0.25) is 0 Å². The number of para-hydroxylation sites is 1. The number of nitrogens with one attached hydrogen (secondary N) is 1. The molecule has 0 saturated carbocycles. The van der Waals surface area contributed by atoms with Gasteiger partial charge in [0.15, 0.2) is 0 Å². The third-order valence-electron chi connectivity index (χ3n) is 4.54. The molecule has 2 aromatic rings. The largest absolute Gasteiger partial charge is 0.277 e. The summed E-state index contributed by atoms with van der Waals surface area (Å²) in [5.41, 5.74) is 5.13. The van der Waals surface area contributed by atoms with E-state index < -0.39 is 17.7 Å². The van der Waals surface area contributed by atoms with Gasteiger partial charge in [0, 0.05) is 0 Å².